The zero-order chi connectivity index (χ0) is 26.0. The van der Waals surface area contributed by atoms with Crippen LogP contribution in [0.5, 0.6) is 5.75 Å². The molecule has 0 amide bonds. The third-order valence-electron chi connectivity index (χ3n) is 5.82. The monoisotopic (exact) mass is 522 g/mol. The van der Waals surface area contributed by atoms with Crippen LogP contribution in [0.3, 0.4) is 0 Å². The van der Waals surface area contributed by atoms with E-state index in [9.17, 15) is 13.5 Å². The largest absolute Gasteiger partial charge is 0.506 e. The van der Waals surface area contributed by atoms with Crippen LogP contribution < -0.4 is 19.8 Å². The van der Waals surface area contributed by atoms with Crippen LogP contribution in [0.1, 0.15) is 12.0 Å². The molecule has 3 aromatic heterocycles. The van der Waals surface area contributed by atoms with E-state index >= 15 is 0 Å². The van der Waals surface area contributed by atoms with Crippen LogP contribution in [0.2, 0.25) is 0 Å². The molecular formula is C24H26N8O4S. The molecule has 5 rings (SSSR count). The number of rotatable bonds is 8. The Bertz CT molecular complexity index is 1480. The fraction of sp³-hybridized carbons (Fsp3) is 0.250. The number of benzene rings is 1. The van der Waals surface area contributed by atoms with Gasteiger partial charge in [-0.15, -0.1) is 0 Å². The molecule has 1 saturated heterocycles. The van der Waals surface area contributed by atoms with Gasteiger partial charge in [-0.2, -0.15) is 4.98 Å². The standard InChI is InChI=1S/C24H26N8O4S/c1-16-11-27-24(29-23(16)32(22-13-25-15-36-22)19-5-3-4-6-20(19)33)28-17-7-8-21(26-12-17)31-10-9-18(14-31)30-37(2,34)35/h3-8,11-13,15,18,30,33H,9-10,14H2,1-2H3,(H,27,28,29). The van der Waals surface area contributed by atoms with Crippen molar-refractivity contribution in [1.29, 1.82) is 0 Å². The predicted octanol–water partition coefficient (Wildman–Crippen LogP) is 3.21. The third kappa shape index (κ3) is 5.62. The molecule has 37 heavy (non-hydrogen) atoms. The lowest BCUT2D eigenvalue weighted by Gasteiger charge is -2.23. The molecule has 1 atom stereocenters. The summed E-state index contributed by atoms with van der Waals surface area (Å²) in [6, 6.07) is 10.5. The van der Waals surface area contributed by atoms with Gasteiger partial charge in [-0.05, 0) is 37.6 Å². The Morgan fingerprint density at radius 2 is 1.97 bits per heavy atom. The summed E-state index contributed by atoms with van der Waals surface area (Å²) in [6.45, 7) is 3.13. The van der Waals surface area contributed by atoms with Crippen molar-refractivity contribution in [3.8, 4) is 5.75 Å². The number of aryl methyl sites for hydroxylation is 1. The van der Waals surface area contributed by atoms with Crippen molar-refractivity contribution in [2.75, 3.05) is 34.5 Å². The Morgan fingerprint density at radius 1 is 1.14 bits per heavy atom. The average molecular weight is 523 g/mol. The van der Waals surface area contributed by atoms with Crippen molar-refractivity contribution in [3.63, 3.8) is 0 Å². The Hall–Kier alpha value is -4.23. The van der Waals surface area contributed by atoms with Crippen molar-refractivity contribution in [2.45, 2.75) is 19.4 Å². The van der Waals surface area contributed by atoms with Gasteiger partial charge < -0.3 is 19.7 Å². The highest BCUT2D eigenvalue weighted by atomic mass is 32.2. The lowest BCUT2D eigenvalue weighted by molar-refractivity contribution is 0.475. The normalized spacial score (nSPS) is 15.6. The number of oxazole rings is 1. The van der Waals surface area contributed by atoms with Gasteiger partial charge in [0.25, 0.3) is 0 Å². The quantitative estimate of drug-likeness (QED) is 0.313. The van der Waals surface area contributed by atoms with E-state index in [-0.39, 0.29) is 11.8 Å². The van der Waals surface area contributed by atoms with E-state index in [2.05, 4.69) is 30.0 Å². The molecule has 192 valence electrons. The van der Waals surface area contributed by atoms with Crippen LogP contribution in [0.15, 0.2) is 65.8 Å². The highest BCUT2D eigenvalue weighted by Crippen LogP contribution is 2.39. The maximum absolute atomic E-state index is 11.5. The molecule has 4 heterocycles. The van der Waals surface area contributed by atoms with Gasteiger partial charge in [-0.25, -0.2) is 28.1 Å². The molecule has 13 heteroatoms. The summed E-state index contributed by atoms with van der Waals surface area (Å²) in [7, 11) is -3.25. The summed E-state index contributed by atoms with van der Waals surface area (Å²) < 4.78 is 31.2. The number of aromatic nitrogens is 4. The molecular weight excluding hydrogens is 496 g/mol. The number of aromatic hydroxyl groups is 1. The predicted molar refractivity (Wildman–Crippen MR) is 139 cm³/mol. The molecule has 0 aliphatic carbocycles. The number of phenols is 1. The van der Waals surface area contributed by atoms with Crippen LogP contribution in [-0.4, -0.2) is 58.8 Å². The summed E-state index contributed by atoms with van der Waals surface area (Å²) in [5.74, 6) is 2.03. The molecule has 1 aliphatic rings. The molecule has 0 bridgehead atoms. The van der Waals surface area contributed by atoms with E-state index < -0.39 is 10.0 Å². The topological polar surface area (TPSA) is 150 Å². The van der Waals surface area contributed by atoms with Crippen molar-refractivity contribution >= 4 is 44.9 Å². The molecule has 0 saturated carbocycles. The molecule has 1 aromatic carbocycles. The fourth-order valence-corrected chi connectivity index (χ4v) is 4.97. The van der Waals surface area contributed by atoms with Gasteiger partial charge in [0.15, 0.2) is 6.39 Å². The van der Waals surface area contributed by atoms with Crippen molar-refractivity contribution in [3.05, 3.63) is 66.9 Å². The van der Waals surface area contributed by atoms with E-state index in [1.54, 1.807) is 41.6 Å². The second-order valence-corrected chi connectivity index (χ2v) is 10.5. The Labute approximate surface area is 214 Å². The number of hydrogen-bond donors (Lipinski definition) is 3. The molecule has 0 radical (unpaired) electrons. The number of pyridine rings is 1. The van der Waals surface area contributed by atoms with E-state index in [0.29, 0.717) is 48.5 Å². The maximum atomic E-state index is 11.5. The van der Waals surface area contributed by atoms with E-state index in [1.165, 1.54) is 18.8 Å². The zero-order valence-corrected chi connectivity index (χ0v) is 21.1. The van der Waals surface area contributed by atoms with E-state index in [1.807, 2.05) is 24.0 Å². The summed E-state index contributed by atoms with van der Waals surface area (Å²) in [5.41, 5.74) is 1.91. The second-order valence-electron chi connectivity index (χ2n) is 8.72. The van der Waals surface area contributed by atoms with Gasteiger partial charge in [0.2, 0.25) is 21.9 Å². The number of nitrogens with zero attached hydrogens (tertiary/aromatic N) is 6. The summed E-state index contributed by atoms with van der Waals surface area (Å²) >= 11 is 0. The fourth-order valence-electron chi connectivity index (χ4n) is 4.17. The summed E-state index contributed by atoms with van der Waals surface area (Å²) in [4.78, 5) is 21.3. The Balaban J connectivity index is 1.36. The first kappa shape index (κ1) is 24.5. The summed E-state index contributed by atoms with van der Waals surface area (Å²) in [6.07, 6.45) is 8.08. The van der Waals surface area contributed by atoms with Crippen molar-refractivity contribution in [2.24, 2.45) is 0 Å². The molecule has 3 N–H and O–H groups in total. The van der Waals surface area contributed by atoms with E-state index in [0.717, 1.165) is 11.4 Å². The van der Waals surface area contributed by atoms with Gasteiger partial charge in [0, 0.05) is 30.9 Å². The SMILES string of the molecule is Cc1cnc(Nc2ccc(N3CCC(NS(C)(=O)=O)C3)nc2)nc1N(c1cnco1)c1ccccc1O. The van der Waals surface area contributed by atoms with Gasteiger partial charge in [0.1, 0.15) is 17.4 Å². The number of hydrogen-bond acceptors (Lipinski definition) is 11. The summed E-state index contributed by atoms with van der Waals surface area (Å²) in [5, 5.41) is 13.7. The third-order valence-corrected chi connectivity index (χ3v) is 6.58. The molecule has 4 aromatic rings. The number of nitrogens with one attached hydrogen (secondary N) is 2. The molecule has 1 fully saturated rings. The maximum Gasteiger partial charge on any atom is 0.229 e. The number of phenolic OH excluding ortho intramolecular Hbond substituents is 1. The average Bonchev–Trinajstić information content (AvgIpc) is 3.55. The lowest BCUT2D eigenvalue weighted by atomic mass is 10.2. The number of sulfonamides is 1. The first-order valence-corrected chi connectivity index (χ1v) is 13.4. The minimum Gasteiger partial charge on any atom is -0.506 e. The van der Waals surface area contributed by atoms with Crippen molar-refractivity contribution in [1.82, 2.24) is 24.7 Å². The Morgan fingerprint density at radius 3 is 2.68 bits per heavy atom. The first-order valence-electron chi connectivity index (χ1n) is 11.5. The molecule has 1 aliphatic heterocycles. The molecule has 12 nitrogen and oxygen atoms in total. The van der Waals surface area contributed by atoms with Crippen LogP contribution in [0.4, 0.5) is 34.8 Å². The van der Waals surface area contributed by atoms with Crippen LogP contribution in [0, 0.1) is 6.92 Å². The van der Waals surface area contributed by atoms with Gasteiger partial charge in [-0.1, -0.05) is 12.1 Å². The molecule has 0 spiro atoms. The van der Waals surface area contributed by atoms with Gasteiger partial charge in [-0.3, -0.25) is 4.90 Å². The Kier molecular flexibility index (Phi) is 6.63. The minimum absolute atomic E-state index is 0.0575. The zero-order valence-electron chi connectivity index (χ0n) is 20.2. The van der Waals surface area contributed by atoms with Crippen LogP contribution >= 0.6 is 0 Å². The number of para-hydroxylation sites is 2. The first-order chi connectivity index (χ1) is 17.8. The minimum atomic E-state index is -3.25. The molecule has 1 unspecified atom stereocenters. The van der Waals surface area contributed by atoms with Crippen molar-refractivity contribution < 1.29 is 17.9 Å². The highest BCUT2D eigenvalue weighted by Gasteiger charge is 2.26. The van der Waals surface area contributed by atoms with E-state index in [4.69, 9.17) is 4.42 Å². The number of anilines is 6. The smallest absolute Gasteiger partial charge is 0.229 e. The highest BCUT2D eigenvalue weighted by molar-refractivity contribution is 7.88. The lowest BCUT2D eigenvalue weighted by Crippen LogP contribution is -2.36. The van der Waals surface area contributed by atoms with Crippen LogP contribution in [-0.2, 0) is 10.0 Å². The van der Waals surface area contributed by atoms with Gasteiger partial charge >= 0.3 is 0 Å². The second kappa shape index (κ2) is 10.0. The van der Waals surface area contributed by atoms with Crippen LogP contribution in [0.25, 0.3) is 0 Å². The van der Waals surface area contributed by atoms with Gasteiger partial charge in [0.05, 0.1) is 30.0 Å².